The zero-order chi connectivity index (χ0) is 18.5. The Morgan fingerprint density at radius 3 is 2.42 bits per heavy atom. The van der Waals surface area contributed by atoms with E-state index in [-0.39, 0.29) is 17.7 Å². The maximum absolute atomic E-state index is 11.8. The molecule has 0 saturated carbocycles. The van der Waals surface area contributed by atoms with Gasteiger partial charge in [-0.05, 0) is 17.2 Å². The monoisotopic (exact) mass is 353 g/mol. The minimum absolute atomic E-state index is 0.0417. The van der Waals surface area contributed by atoms with Gasteiger partial charge in [0, 0.05) is 25.6 Å². The molecule has 3 rings (SSSR count). The highest BCUT2D eigenvalue weighted by Crippen LogP contribution is 2.12. The first-order valence-electron chi connectivity index (χ1n) is 8.08. The summed E-state index contributed by atoms with van der Waals surface area (Å²) in [6.07, 6.45) is 3.26. The van der Waals surface area contributed by atoms with Crippen LogP contribution in [0.3, 0.4) is 0 Å². The summed E-state index contributed by atoms with van der Waals surface area (Å²) in [7, 11) is 1.50. The molecule has 2 aromatic heterocycles. The van der Waals surface area contributed by atoms with E-state index in [1.807, 2.05) is 30.3 Å². The molecule has 0 aliphatic heterocycles. The number of aromatic nitrogens is 3. The van der Waals surface area contributed by atoms with Crippen LogP contribution in [0.4, 0.5) is 0 Å². The third kappa shape index (κ3) is 4.07. The molecule has 3 aromatic rings. The van der Waals surface area contributed by atoms with Gasteiger partial charge in [0.15, 0.2) is 0 Å². The van der Waals surface area contributed by atoms with Crippen molar-refractivity contribution in [1.29, 1.82) is 0 Å². The van der Waals surface area contributed by atoms with E-state index in [1.54, 1.807) is 21.5 Å². The fraction of sp³-hybridized carbons (Fsp3) is 0.211. The van der Waals surface area contributed by atoms with Crippen molar-refractivity contribution in [3.63, 3.8) is 0 Å². The summed E-state index contributed by atoms with van der Waals surface area (Å²) in [5.74, 6) is -1.02. The van der Waals surface area contributed by atoms with E-state index in [4.69, 9.17) is 4.74 Å². The fourth-order valence-electron chi connectivity index (χ4n) is 2.69. The van der Waals surface area contributed by atoms with Gasteiger partial charge in [-0.2, -0.15) is 5.10 Å². The number of aromatic carboxylic acids is 1. The second kappa shape index (κ2) is 7.79. The lowest BCUT2D eigenvalue weighted by atomic mass is 10.1. The Bertz CT molecular complexity index is 957. The van der Waals surface area contributed by atoms with Crippen LogP contribution in [-0.4, -0.2) is 32.5 Å². The number of benzene rings is 1. The van der Waals surface area contributed by atoms with Gasteiger partial charge in [0.1, 0.15) is 11.3 Å². The van der Waals surface area contributed by atoms with Crippen molar-refractivity contribution in [1.82, 2.24) is 14.3 Å². The molecule has 26 heavy (non-hydrogen) atoms. The fourth-order valence-corrected chi connectivity index (χ4v) is 2.69. The highest BCUT2D eigenvalue weighted by atomic mass is 16.5. The molecule has 134 valence electrons. The molecule has 1 N–H and O–H groups in total. The molecule has 0 aliphatic rings. The Morgan fingerprint density at radius 2 is 1.81 bits per heavy atom. The second-order valence-corrected chi connectivity index (χ2v) is 5.91. The maximum Gasteiger partial charge on any atom is 0.339 e. The van der Waals surface area contributed by atoms with Crippen molar-refractivity contribution < 1.29 is 14.6 Å². The van der Waals surface area contributed by atoms with Crippen LogP contribution in [0.25, 0.3) is 0 Å². The molecule has 0 spiro atoms. The summed E-state index contributed by atoms with van der Waals surface area (Å²) in [6, 6.07) is 12.9. The first-order chi connectivity index (χ1) is 12.6. The molecular weight excluding hydrogens is 334 g/mol. The predicted octanol–water partition coefficient (Wildman–Crippen LogP) is 1.99. The van der Waals surface area contributed by atoms with Crippen LogP contribution in [-0.2, 0) is 24.4 Å². The number of nitrogens with zero attached hydrogens (tertiary/aromatic N) is 3. The number of carboxylic acid groups (broad SMARTS) is 1. The van der Waals surface area contributed by atoms with Crippen LogP contribution in [0.15, 0.2) is 59.7 Å². The number of hydrogen-bond donors (Lipinski definition) is 1. The quantitative estimate of drug-likeness (QED) is 0.702. The van der Waals surface area contributed by atoms with Crippen molar-refractivity contribution in [2.45, 2.75) is 19.7 Å². The van der Waals surface area contributed by atoms with Gasteiger partial charge in [-0.15, -0.1) is 0 Å². The molecule has 0 atom stereocenters. The van der Waals surface area contributed by atoms with Crippen LogP contribution in [0.5, 0.6) is 0 Å². The van der Waals surface area contributed by atoms with Gasteiger partial charge in [0.25, 0.3) is 5.56 Å². The number of methoxy groups -OCH3 is 1. The third-order valence-corrected chi connectivity index (χ3v) is 3.97. The van der Waals surface area contributed by atoms with Gasteiger partial charge >= 0.3 is 5.97 Å². The molecule has 0 saturated heterocycles. The summed E-state index contributed by atoms with van der Waals surface area (Å²) >= 11 is 0. The van der Waals surface area contributed by atoms with E-state index in [0.29, 0.717) is 18.8 Å². The highest BCUT2D eigenvalue weighted by molar-refractivity contribution is 5.88. The zero-order valence-electron chi connectivity index (χ0n) is 14.3. The van der Waals surface area contributed by atoms with E-state index in [0.717, 1.165) is 11.1 Å². The lowest BCUT2D eigenvalue weighted by Crippen LogP contribution is -2.18. The van der Waals surface area contributed by atoms with Crippen molar-refractivity contribution >= 4 is 5.97 Å². The van der Waals surface area contributed by atoms with Crippen molar-refractivity contribution in [2.75, 3.05) is 7.11 Å². The summed E-state index contributed by atoms with van der Waals surface area (Å²) in [5.41, 5.74) is 2.50. The number of carboxylic acids is 1. The first-order valence-corrected chi connectivity index (χ1v) is 8.08. The Morgan fingerprint density at radius 1 is 1.12 bits per heavy atom. The molecule has 0 amide bonds. The minimum Gasteiger partial charge on any atom is -0.478 e. The highest BCUT2D eigenvalue weighted by Gasteiger charge is 2.15. The van der Waals surface area contributed by atoms with E-state index in [9.17, 15) is 14.7 Å². The van der Waals surface area contributed by atoms with Gasteiger partial charge < -0.3 is 14.4 Å². The molecule has 2 heterocycles. The number of rotatable bonds is 7. The van der Waals surface area contributed by atoms with Crippen molar-refractivity contribution in [2.24, 2.45) is 0 Å². The summed E-state index contributed by atoms with van der Waals surface area (Å²) in [5, 5.41) is 13.5. The molecule has 0 fully saturated rings. The minimum atomic E-state index is -1.02. The van der Waals surface area contributed by atoms with Gasteiger partial charge in [-0.25, -0.2) is 4.79 Å². The van der Waals surface area contributed by atoms with Gasteiger partial charge in [-0.3, -0.25) is 9.48 Å². The van der Waals surface area contributed by atoms with Gasteiger partial charge in [0.2, 0.25) is 0 Å². The van der Waals surface area contributed by atoms with Crippen LogP contribution in [0, 0.1) is 0 Å². The third-order valence-electron chi connectivity index (χ3n) is 3.97. The van der Waals surface area contributed by atoms with Gasteiger partial charge in [-0.1, -0.05) is 30.3 Å². The van der Waals surface area contributed by atoms with E-state index >= 15 is 0 Å². The van der Waals surface area contributed by atoms with E-state index < -0.39 is 5.97 Å². The molecule has 1 aromatic carbocycles. The average Bonchev–Trinajstić information content (AvgIpc) is 3.02. The molecular formula is C19H19N3O4. The van der Waals surface area contributed by atoms with Crippen molar-refractivity contribution in [3.05, 3.63) is 87.6 Å². The number of pyridine rings is 1. The summed E-state index contributed by atoms with van der Waals surface area (Å²) < 4.78 is 8.23. The predicted molar refractivity (Wildman–Crippen MR) is 95.2 cm³/mol. The van der Waals surface area contributed by atoms with Crippen LogP contribution < -0.4 is 5.56 Å². The van der Waals surface area contributed by atoms with Crippen LogP contribution >= 0.6 is 0 Å². The number of carbonyl (C=O) groups is 1. The number of ether oxygens (including phenoxy) is 1. The lowest BCUT2D eigenvalue weighted by molar-refractivity contribution is 0.0691. The van der Waals surface area contributed by atoms with E-state index in [2.05, 4.69) is 5.10 Å². The maximum atomic E-state index is 11.8. The molecule has 0 radical (unpaired) electrons. The smallest absolute Gasteiger partial charge is 0.339 e. The molecule has 7 nitrogen and oxygen atoms in total. The molecule has 0 unspecified atom stereocenters. The Labute approximate surface area is 150 Å². The standard InChI is InChI=1S/C19H19N3O4/c1-26-13-17-16(19(24)25)12-22(20-17)11-15-7-5-14(6-8-15)10-21-9-3-2-4-18(21)23/h2-9,12H,10-11,13H2,1H3,(H,24,25). The zero-order valence-corrected chi connectivity index (χ0v) is 14.3. The average molecular weight is 353 g/mol. The topological polar surface area (TPSA) is 86.4 Å². The number of hydrogen-bond acceptors (Lipinski definition) is 4. The summed E-state index contributed by atoms with van der Waals surface area (Å²) in [4.78, 5) is 23.0. The normalized spacial score (nSPS) is 10.8. The first kappa shape index (κ1) is 17.6. The van der Waals surface area contributed by atoms with Gasteiger partial charge in [0.05, 0.1) is 19.7 Å². The lowest BCUT2D eigenvalue weighted by Gasteiger charge is -2.07. The molecule has 0 bridgehead atoms. The van der Waals surface area contributed by atoms with E-state index in [1.165, 1.54) is 19.4 Å². The Kier molecular flexibility index (Phi) is 5.28. The SMILES string of the molecule is COCc1nn(Cc2ccc(Cn3ccccc3=O)cc2)cc1C(=O)O. The van der Waals surface area contributed by atoms with Crippen LogP contribution in [0.1, 0.15) is 27.2 Å². The molecule has 7 heteroatoms. The second-order valence-electron chi connectivity index (χ2n) is 5.91. The molecule has 0 aliphatic carbocycles. The summed E-state index contributed by atoms with van der Waals surface area (Å²) in [6.45, 7) is 1.11. The van der Waals surface area contributed by atoms with Crippen molar-refractivity contribution in [3.8, 4) is 0 Å². The van der Waals surface area contributed by atoms with Crippen LogP contribution in [0.2, 0.25) is 0 Å². The largest absolute Gasteiger partial charge is 0.478 e. The Balaban J connectivity index is 1.73. The Hall–Kier alpha value is -3.19.